The fourth-order valence-corrected chi connectivity index (χ4v) is 2.00. The van der Waals surface area contributed by atoms with Gasteiger partial charge in [-0.2, -0.15) is 5.10 Å². The van der Waals surface area contributed by atoms with Crippen molar-refractivity contribution in [2.75, 3.05) is 0 Å². The van der Waals surface area contributed by atoms with E-state index in [0.29, 0.717) is 18.7 Å². The van der Waals surface area contributed by atoms with E-state index in [0.717, 1.165) is 5.82 Å². The molecule has 2 unspecified atom stereocenters. The van der Waals surface area contributed by atoms with Gasteiger partial charge in [-0.25, -0.2) is 9.78 Å². The zero-order chi connectivity index (χ0) is 13.5. The topological polar surface area (TPSA) is 77.2 Å². The minimum Gasteiger partial charge on any atom is -0.479 e. The van der Waals surface area contributed by atoms with Crippen LogP contribution in [0.4, 0.5) is 0 Å². The van der Waals surface area contributed by atoms with Crippen LogP contribution in [0.3, 0.4) is 0 Å². The number of carboxylic acid groups (broad SMARTS) is 1. The lowest BCUT2D eigenvalue weighted by atomic mass is 9.96. The summed E-state index contributed by atoms with van der Waals surface area (Å²) in [6.45, 7) is 6.13. The fraction of sp³-hybridized carbons (Fsp3) is 0.750. The Bertz CT molecular complexity index is 462. The maximum absolute atomic E-state index is 10.9. The Labute approximate surface area is 106 Å². The molecule has 0 aliphatic carbocycles. The number of aryl methyl sites for hydroxylation is 1. The van der Waals surface area contributed by atoms with Crippen molar-refractivity contribution < 1.29 is 14.6 Å². The lowest BCUT2D eigenvalue weighted by Crippen LogP contribution is -2.19. The normalized spacial score (nSPS) is 24.4. The molecule has 1 aromatic rings. The Kier molecular flexibility index (Phi) is 3.14. The van der Waals surface area contributed by atoms with Crippen molar-refractivity contribution in [1.82, 2.24) is 14.8 Å². The van der Waals surface area contributed by atoms with Crippen molar-refractivity contribution in [2.45, 2.75) is 51.2 Å². The molecule has 0 bridgehead atoms. The predicted molar refractivity (Wildman–Crippen MR) is 64.2 cm³/mol. The van der Waals surface area contributed by atoms with Crippen LogP contribution >= 0.6 is 0 Å². The van der Waals surface area contributed by atoms with E-state index in [1.54, 1.807) is 4.68 Å². The molecule has 0 amide bonds. The molecule has 0 saturated carbocycles. The summed E-state index contributed by atoms with van der Waals surface area (Å²) in [6, 6.07) is 0. The summed E-state index contributed by atoms with van der Waals surface area (Å²) < 4.78 is 7.18. The van der Waals surface area contributed by atoms with Gasteiger partial charge in [0, 0.05) is 12.5 Å². The van der Waals surface area contributed by atoms with Crippen molar-refractivity contribution in [1.29, 1.82) is 0 Å². The smallest absolute Gasteiger partial charge is 0.332 e. The van der Waals surface area contributed by atoms with Gasteiger partial charge in [0.1, 0.15) is 6.10 Å². The van der Waals surface area contributed by atoms with Crippen LogP contribution in [0.25, 0.3) is 0 Å². The van der Waals surface area contributed by atoms with Crippen LogP contribution in [0.1, 0.15) is 51.4 Å². The quantitative estimate of drug-likeness (QED) is 0.862. The summed E-state index contributed by atoms with van der Waals surface area (Å²) in [7, 11) is 1.81. The molecule has 0 aromatic carbocycles. The van der Waals surface area contributed by atoms with E-state index in [1.807, 2.05) is 27.8 Å². The molecule has 2 heterocycles. The largest absolute Gasteiger partial charge is 0.479 e. The molecular weight excluding hydrogens is 234 g/mol. The molecule has 1 aliphatic heterocycles. The van der Waals surface area contributed by atoms with Gasteiger partial charge in [-0.15, -0.1) is 0 Å². The average Bonchev–Trinajstić information content (AvgIpc) is 2.81. The molecule has 18 heavy (non-hydrogen) atoms. The first-order chi connectivity index (χ1) is 8.29. The van der Waals surface area contributed by atoms with Gasteiger partial charge in [0.25, 0.3) is 0 Å². The number of aliphatic carboxylic acids is 1. The molecule has 1 aliphatic rings. The minimum absolute atomic E-state index is 0.124. The average molecular weight is 253 g/mol. The molecular formula is C12H19N3O3. The Morgan fingerprint density at radius 1 is 1.44 bits per heavy atom. The van der Waals surface area contributed by atoms with E-state index in [9.17, 15) is 4.79 Å². The van der Waals surface area contributed by atoms with E-state index >= 15 is 0 Å². The van der Waals surface area contributed by atoms with E-state index in [-0.39, 0.29) is 11.5 Å². The predicted octanol–water partition coefficient (Wildman–Crippen LogP) is 1.42. The number of ether oxygens (including phenoxy) is 1. The Morgan fingerprint density at radius 2 is 2.11 bits per heavy atom. The molecule has 100 valence electrons. The third-order valence-corrected chi connectivity index (χ3v) is 3.05. The van der Waals surface area contributed by atoms with Gasteiger partial charge >= 0.3 is 5.97 Å². The summed E-state index contributed by atoms with van der Waals surface area (Å²) in [6.07, 6.45) is 0.217. The Balaban J connectivity index is 2.20. The summed E-state index contributed by atoms with van der Waals surface area (Å²) in [5.41, 5.74) is -0.124. The maximum Gasteiger partial charge on any atom is 0.332 e. The van der Waals surface area contributed by atoms with Crippen molar-refractivity contribution >= 4 is 5.97 Å². The highest BCUT2D eigenvalue weighted by Gasteiger charge is 2.35. The molecule has 6 heteroatoms. The van der Waals surface area contributed by atoms with Crippen molar-refractivity contribution in [3.05, 3.63) is 11.6 Å². The second kappa shape index (κ2) is 4.35. The molecule has 1 N–H and O–H groups in total. The van der Waals surface area contributed by atoms with Gasteiger partial charge in [-0.05, 0) is 12.8 Å². The highest BCUT2D eigenvalue weighted by molar-refractivity contribution is 5.72. The molecule has 0 spiro atoms. The summed E-state index contributed by atoms with van der Waals surface area (Å²) >= 11 is 0. The fourth-order valence-electron chi connectivity index (χ4n) is 2.00. The van der Waals surface area contributed by atoms with E-state index in [4.69, 9.17) is 9.84 Å². The number of nitrogens with zero attached hydrogens (tertiary/aromatic N) is 3. The summed E-state index contributed by atoms with van der Waals surface area (Å²) in [5, 5.41) is 13.3. The third kappa shape index (κ3) is 2.38. The zero-order valence-electron chi connectivity index (χ0n) is 11.2. The number of rotatable bonds is 2. The van der Waals surface area contributed by atoms with Crippen LogP contribution < -0.4 is 0 Å². The van der Waals surface area contributed by atoms with E-state index < -0.39 is 12.1 Å². The number of carbonyl (C=O) groups is 1. The minimum atomic E-state index is -0.907. The van der Waals surface area contributed by atoms with E-state index in [2.05, 4.69) is 10.1 Å². The molecule has 1 saturated heterocycles. The molecule has 1 aromatic heterocycles. The van der Waals surface area contributed by atoms with Gasteiger partial charge in [-0.3, -0.25) is 4.68 Å². The van der Waals surface area contributed by atoms with Gasteiger partial charge in [-0.1, -0.05) is 20.8 Å². The van der Waals surface area contributed by atoms with Gasteiger partial charge in [0.2, 0.25) is 0 Å². The molecule has 2 atom stereocenters. The van der Waals surface area contributed by atoms with Crippen LogP contribution in [0, 0.1) is 0 Å². The molecule has 1 fully saturated rings. The lowest BCUT2D eigenvalue weighted by molar-refractivity contribution is -0.149. The molecule has 0 radical (unpaired) electrons. The van der Waals surface area contributed by atoms with E-state index in [1.165, 1.54) is 0 Å². The van der Waals surface area contributed by atoms with Crippen LogP contribution in [0.5, 0.6) is 0 Å². The monoisotopic (exact) mass is 253 g/mol. The van der Waals surface area contributed by atoms with Crippen LogP contribution in [0.2, 0.25) is 0 Å². The molecule has 2 rings (SSSR count). The first-order valence-corrected chi connectivity index (χ1v) is 6.08. The van der Waals surface area contributed by atoms with Crippen molar-refractivity contribution in [2.24, 2.45) is 7.05 Å². The van der Waals surface area contributed by atoms with Crippen LogP contribution in [-0.4, -0.2) is 31.9 Å². The van der Waals surface area contributed by atoms with Gasteiger partial charge < -0.3 is 9.84 Å². The Morgan fingerprint density at radius 3 is 2.56 bits per heavy atom. The second-order valence-electron chi connectivity index (χ2n) is 5.70. The van der Waals surface area contributed by atoms with Crippen LogP contribution in [-0.2, 0) is 22.0 Å². The number of aromatic nitrogens is 3. The highest BCUT2D eigenvalue weighted by Crippen LogP contribution is 2.32. The van der Waals surface area contributed by atoms with Crippen molar-refractivity contribution in [3.8, 4) is 0 Å². The SMILES string of the molecule is Cn1nc(C(C)(C)C)nc1C1CCC(C(=O)O)O1. The summed E-state index contributed by atoms with van der Waals surface area (Å²) in [4.78, 5) is 15.4. The Hall–Kier alpha value is -1.43. The second-order valence-corrected chi connectivity index (χ2v) is 5.70. The standard InChI is InChI=1S/C12H19N3O3/c1-12(2,3)11-13-9(15(4)14-11)7-5-6-8(18-7)10(16)17/h7-8H,5-6H2,1-4H3,(H,16,17). The highest BCUT2D eigenvalue weighted by atomic mass is 16.5. The van der Waals surface area contributed by atoms with Gasteiger partial charge in [0.15, 0.2) is 17.8 Å². The first-order valence-electron chi connectivity index (χ1n) is 6.08. The lowest BCUT2D eigenvalue weighted by Gasteiger charge is -2.12. The third-order valence-electron chi connectivity index (χ3n) is 3.05. The first kappa shape index (κ1) is 13.0. The molecule has 6 nitrogen and oxygen atoms in total. The van der Waals surface area contributed by atoms with Crippen molar-refractivity contribution in [3.63, 3.8) is 0 Å². The van der Waals surface area contributed by atoms with Crippen LogP contribution in [0.15, 0.2) is 0 Å². The maximum atomic E-state index is 10.9. The zero-order valence-corrected chi connectivity index (χ0v) is 11.2. The van der Waals surface area contributed by atoms with Gasteiger partial charge in [0.05, 0.1) is 0 Å². The summed E-state index contributed by atoms with van der Waals surface area (Å²) in [5.74, 6) is 0.557. The number of carboxylic acids is 1. The number of hydrogen-bond acceptors (Lipinski definition) is 4. The number of hydrogen-bond donors (Lipinski definition) is 1.